The van der Waals surface area contributed by atoms with Crippen LogP contribution >= 0.6 is 0 Å². The van der Waals surface area contributed by atoms with Crippen LogP contribution in [0.2, 0.25) is 0 Å². The standard InChI is InChI=1S/C8H18N2O4S/c1-7(2)14-8(11)9-5-4-6-10-15(3,12)13/h7,10H,4-6H2,1-3H3,(H,9,11). The average Bonchev–Trinajstić information content (AvgIpc) is 1.99. The highest BCUT2D eigenvalue weighted by Crippen LogP contribution is 1.88. The van der Waals surface area contributed by atoms with Crippen LogP contribution in [0.4, 0.5) is 4.79 Å². The molecule has 0 bridgehead atoms. The van der Waals surface area contributed by atoms with Crippen LogP contribution in [0.1, 0.15) is 20.3 Å². The third kappa shape index (κ3) is 11.1. The molecule has 0 fully saturated rings. The minimum absolute atomic E-state index is 0.154. The molecule has 7 heteroatoms. The highest BCUT2D eigenvalue weighted by molar-refractivity contribution is 7.88. The molecule has 0 spiro atoms. The van der Waals surface area contributed by atoms with Gasteiger partial charge in [0.1, 0.15) is 0 Å². The maximum absolute atomic E-state index is 10.9. The zero-order valence-corrected chi connectivity index (χ0v) is 10.1. The summed E-state index contributed by atoms with van der Waals surface area (Å²) in [4.78, 5) is 10.9. The van der Waals surface area contributed by atoms with Gasteiger partial charge >= 0.3 is 6.09 Å². The Morgan fingerprint density at radius 1 is 1.33 bits per heavy atom. The molecule has 0 aliphatic carbocycles. The predicted octanol–water partition coefficient (Wildman–Crippen LogP) is 0.0603. The van der Waals surface area contributed by atoms with Gasteiger partial charge in [-0.3, -0.25) is 0 Å². The van der Waals surface area contributed by atoms with Crippen molar-refractivity contribution in [3.8, 4) is 0 Å². The van der Waals surface area contributed by atoms with Gasteiger partial charge in [0.05, 0.1) is 12.4 Å². The predicted molar refractivity (Wildman–Crippen MR) is 57.1 cm³/mol. The lowest BCUT2D eigenvalue weighted by molar-refractivity contribution is 0.115. The fourth-order valence-corrected chi connectivity index (χ4v) is 1.31. The van der Waals surface area contributed by atoms with E-state index in [4.69, 9.17) is 4.74 Å². The van der Waals surface area contributed by atoms with E-state index < -0.39 is 16.1 Å². The summed E-state index contributed by atoms with van der Waals surface area (Å²) in [6.45, 7) is 4.20. The van der Waals surface area contributed by atoms with Gasteiger partial charge in [-0.15, -0.1) is 0 Å². The van der Waals surface area contributed by atoms with E-state index in [1.165, 1.54) is 0 Å². The molecule has 2 N–H and O–H groups in total. The molecule has 0 rings (SSSR count). The number of ether oxygens (including phenoxy) is 1. The molecular formula is C8H18N2O4S. The normalized spacial score (nSPS) is 11.5. The molecule has 0 heterocycles. The van der Waals surface area contributed by atoms with Gasteiger partial charge in [-0.05, 0) is 20.3 Å². The van der Waals surface area contributed by atoms with Crippen molar-refractivity contribution in [1.29, 1.82) is 0 Å². The molecule has 15 heavy (non-hydrogen) atoms. The molecule has 0 aliphatic rings. The molecule has 0 radical (unpaired) electrons. The monoisotopic (exact) mass is 238 g/mol. The van der Waals surface area contributed by atoms with Gasteiger partial charge in [0.25, 0.3) is 0 Å². The second kappa shape index (κ2) is 6.62. The van der Waals surface area contributed by atoms with Crippen LogP contribution in [0, 0.1) is 0 Å². The minimum atomic E-state index is -3.14. The Balaban J connectivity index is 3.43. The first-order valence-corrected chi connectivity index (χ1v) is 6.59. The van der Waals surface area contributed by atoms with Crippen LogP contribution < -0.4 is 10.0 Å². The second-order valence-corrected chi connectivity index (χ2v) is 5.23. The van der Waals surface area contributed by atoms with E-state index in [1.54, 1.807) is 13.8 Å². The van der Waals surface area contributed by atoms with Gasteiger partial charge in [0, 0.05) is 13.1 Å². The Labute approximate surface area is 90.4 Å². The Bertz CT molecular complexity index is 287. The van der Waals surface area contributed by atoms with Crippen LogP contribution in [0.5, 0.6) is 0 Å². The summed E-state index contributed by atoms with van der Waals surface area (Å²) in [5.74, 6) is 0. The maximum atomic E-state index is 10.9. The van der Waals surface area contributed by atoms with Gasteiger partial charge in [-0.1, -0.05) is 0 Å². The molecule has 6 nitrogen and oxygen atoms in total. The third-order valence-electron chi connectivity index (χ3n) is 1.33. The first-order chi connectivity index (χ1) is 6.81. The Hall–Kier alpha value is -0.820. The number of hydrogen-bond donors (Lipinski definition) is 2. The fourth-order valence-electron chi connectivity index (χ4n) is 0.792. The van der Waals surface area contributed by atoms with Crippen molar-refractivity contribution in [3.63, 3.8) is 0 Å². The number of alkyl carbamates (subject to hydrolysis) is 1. The van der Waals surface area contributed by atoms with E-state index in [0.717, 1.165) is 6.26 Å². The summed E-state index contributed by atoms with van der Waals surface area (Å²) in [7, 11) is -3.14. The van der Waals surface area contributed by atoms with E-state index in [1.807, 2.05) is 0 Å². The Morgan fingerprint density at radius 3 is 2.40 bits per heavy atom. The molecule has 0 saturated carbocycles. The third-order valence-corrected chi connectivity index (χ3v) is 2.06. The molecule has 0 saturated heterocycles. The van der Waals surface area contributed by atoms with E-state index in [0.29, 0.717) is 19.5 Å². The van der Waals surface area contributed by atoms with Gasteiger partial charge in [0.2, 0.25) is 10.0 Å². The lowest BCUT2D eigenvalue weighted by Gasteiger charge is -2.09. The summed E-state index contributed by atoms with van der Waals surface area (Å²) >= 11 is 0. The first kappa shape index (κ1) is 14.2. The molecule has 0 aromatic heterocycles. The van der Waals surface area contributed by atoms with Crippen LogP contribution in [-0.4, -0.2) is 40.0 Å². The van der Waals surface area contributed by atoms with Gasteiger partial charge in [-0.25, -0.2) is 17.9 Å². The Kier molecular flexibility index (Phi) is 6.26. The van der Waals surface area contributed by atoms with Crippen molar-refractivity contribution in [2.45, 2.75) is 26.4 Å². The van der Waals surface area contributed by atoms with Gasteiger partial charge in [0.15, 0.2) is 0 Å². The molecule has 90 valence electrons. The summed E-state index contributed by atoms with van der Waals surface area (Å²) in [5, 5.41) is 2.50. The number of carbonyl (C=O) groups excluding carboxylic acids is 1. The summed E-state index contributed by atoms with van der Waals surface area (Å²) in [6.07, 6.45) is 0.983. The minimum Gasteiger partial charge on any atom is -0.447 e. The zero-order valence-electron chi connectivity index (χ0n) is 9.24. The van der Waals surface area contributed by atoms with Crippen molar-refractivity contribution in [2.75, 3.05) is 19.3 Å². The zero-order chi connectivity index (χ0) is 11.9. The number of carbonyl (C=O) groups is 1. The van der Waals surface area contributed by atoms with E-state index in [-0.39, 0.29) is 6.10 Å². The first-order valence-electron chi connectivity index (χ1n) is 4.70. The number of rotatable bonds is 6. The Morgan fingerprint density at radius 2 is 1.93 bits per heavy atom. The van der Waals surface area contributed by atoms with Crippen molar-refractivity contribution >= 4 is 16.1 Å². The van der Waals surface area contributed by atoms with Crippen LogP contribution in [0.25, 0.3) is 0 Å². The number of nitrogens with one attached hydrogen (secondary N) is 2. The largest absolute Gasteiger partial charge is 0.447 e. The molecule has 0 unspecified atom stereocenters. The van der Waals surface area contributed by atoms with Crippen molar-refractivity contribution in [3.05, 3.63) is 0 Å². The maximum Gasteiger partial charge on any atom is 0.407 e. The molecule has 0 aromatic rings. The quantitative estimate of drug-likeness (QED) is 0.641. The van der Waals surface area contributed by atoms with Crippen LogP contribution in [0.3, 0.4) is 0 Å². The smallest absolute Gasteiger partial charge is 0.407 e. The highest BCUT2D eigenvalue weighted by atomic mass is 32.2. The topological polar surface area (TPSA) is 84.5 Å². The van der Waals surface area contributed by atoms with Crippen molar-refractivity contribution < 1.29 is 17.9 Å². The summed E-state index contributed by atoms with van der Waals surface area (Å²) in [5.41, 5.74) is 0. The lowest BCUT2D eigenvalue weighted by Crippen LogP contribution is -2.30. The van der Waals surface area contributed by atoms with E-state index in [9.17, 15) is 13.2 Å². The van der Waals surface area contributed by atoms with Crippen molar-refractivity contribution in [1.82, 2.24) is 10.0 Å². The number of hydrogen-bond acceptors (Lipinski definition) is 4. The van der Waals surface area contributed by atoms with Crippen LogP contribution in [-0.2, 0) is 14.8 Å². The summed E-state index contributed by atoms with van der Waals surface area (Å²) in [6, 6.07) is 0. The van der Waals surface area contributed by atoms with Gasteiger partial charge in [-0.2, -0.15) is 0 Å². The molecule has 0 aliphatic heterocycles. The average molecular weight is 238 g/mol. The fraction of sp³-hybridized carbons (Fsp3) is 0.875. The number of sulfonamides is 1. The molecule has 0 aromatic carbocycles. The van der Waals surface area contributed by atoms with Crippen molar-refractivity contribution in [2.24, 2.45) is 0 Å². The second-order valence-electron chi connectivity index (χ2n) is 3.40. The van der Waals surface area contributed by atoms with E-state index in [2.05, 4.69) is 10.0 Å². The summed E-state index contributed by atoms with van der Waals surface area (Å²) < 4.78 is 28.4. The lowest BCUT2D eigenvalue weighted by atomic mass is 10.4. The molecule has 1 amide bonds. The number of amides is 1. The van der Waals surface area contributed by atoms with Crippen LogP contribution in [0.15, 0.2) is 0 Å². The molecule has 0 atom stereocenters. The SMILES string of the molecule is CC(C)OC(=O)NCCCNS(C)(=O)=O. The van der Waals surface area contributed by atoms with E-state index >= 15 is 0 Å². The highest BCUT2D eigenvalue weighted by Gasteiger charge is 2.03. The molecular weight excluding hydrogens is 220 g/mol. The van der Waals surface area contributed by atoms with Gasteiger partial charge < -0.3 is 10.1 Å².